The van der Waals surface area contributed by atoms with Crippen molar-refractivity contribution in [2.75, 3.05) is 18.8 Å². The monoisotopic (exact) mass is 298 g/mol. The van der Waals surface area contributed by atoms with Gasteiger partial charge in [0, 0.05) is 18.0 Å². The van der Waals surface area contributed by atoms with Crippen molar-refractivity contribution < 1.29 is 14.4 Å². The molecule has 5 nitrogen and oxygen atoms in total. The van der Waals surface area contributed by atoms with E-state index in [1.165, 1.54) is 22.7 Å². The lowest BCUT2D eigenvalue weighted by atomic mass is 9.91. The highest BCUT2D eigenvalue weighted by atomic mass is 32.2. The normalized spacial score (nSPS) is 17.7. The van der Waals surface area contributed by atoms with Gasteiger partial charge in [-0.25, -0.2) is 0 Å². The summed E-state index contributed by atoms with van der Waals surface area (Å²) in [5.74, 6) is -0.0929. The van der Waals surface area contributed by atoms with Crippen LogP contribution in [0.15, 0.2) is 11.1 Å². The molecule has 0 unspecified atom stereocenters. The zero-order valence-electron chi connectivity index (χ0n) is 12.5. The number of nitrogens with one attached hydrogen (secondary N) is 1. The summed E-state index contributed by atoms with van der Waals surface area (Å²) in [5, 5.41) is 3.30. The van der Waals surface area contributed by atoms with Crippen LogP contribution in [0.4, 0.5) is 0 Å². The molecule has 1 fully saturated rings. The van der Waals surface area contributed by atoms with E-state index < -0.39 is 5.41 Å². The molecular weight excluding hydrogens is 276 g/mol. The van der Waals surface area contributed by atoms with Crippen molar-refractivity contribution in [2.24, 2.45) is 5.41 Å². The predicted octanol–water partition coefficient (Wildman–Crippen LogP) is 1.54. The third-order valence-electron chi connectivity index (χ3n) is 2.78. The van der Waals surface area contributed by atoms with E-state index in [0.717, 1.165) is 6.42 Å². The molecule has 1 saturated heterocycles. The zero-order valence-corrected chi connectivity index (χ0v) is 13.3. The highest BCUT2D eigenvalue weighted by Gasteiger charge is 2.30. The van der Waals surface area contributed by atoms with Crippen LogP contribution < -0.4 is 5.32 Å². The van der Waals surface area contributed by atoms with Gasteiger partial charge in [0.2, 0.25) is 11.8 Å². The summed E-state index contributed by atoms with van der Waals surface area (Å²) >= 11 is 1.31. The van der Waals surface area contributed by atoms with Crippen LogP contribution in [0.3, 0.4) is 0 Å². The second-order valence-electron chi connectivity index (χ2n) is 5.72. The van der Waals surface area contributed by atoms with Gasteiger partial charge in [0.15, 0.2) is 5.78 Å². The molecule has 0 radical (unpaired) electrons. The second-order valence-corrected chi connectivity index (χ2v) is 6.71. The molecule has 2 amide bonds. The van der Waals surface area contributed by atoms with Gasteiger partial charge in [-0.05, 0) is 6.42 Å². The first-order chi connectivity index (χ1) is 9.25. The highest BCUT2D eigenvalue weighted by molar-refractivity contribution is 8.04. The molecule has 1 aliphatic rings. The summed E-state index contributed by atoms with van der Waals surface area (Å²) in [6.07, 6.45) is 2.32. The summed E-state index contributed by atoms with van der Waals surface area (Å²) in [6.45, 7) is 8.01. The number of hydrogen-bond acceptors (Lipinski definition) is 4. The number of thioether (sulfide) groups is 1. The molecule has 1 rings (SSSR count). The van der Waals surface area contributed by atoms with Crippen molar-refractivity contribution >= 4 is 29.4 Å². The quantitative estimate of drug-likeness (QED) is 0.782. The Labute approximate surface area is 124 Å². The minimum absolute atomic E-state index is 0.0188. The molecule has 0 atom stereocenters. The van der Waals surface area contributed by atoms with Gasteiger partial charge in [-0.3, -0.25) is 19.3 Å². The molecule has 20 heavy (non-hydrogen) atoms. The largest absolute Gasteiger partial charge is 0.355 e. The van der Waals surface area contributed by atoms with E-state index in [4.69, 9.17) is 0 Å². The first kappa shape index (κ1) is 16.8. The van der Waals surface area contributed by atoms with Crippen LogP contribution in [-0.2, 0) is 14.4 Å². The maximum Gasteiger partial charge on any atom is 0.240 e. The molecule has 0 aromatic carbocycles. The Balaban J connectivity index is 2.76. The van der Waals surface area contributed by atoms with Crippen molar-refractivity contribution in [1.29, 1.82) is 0 Å². The minimum atomic E-state index is -0.491. The number of rotatable bonds is 5. The smallest absolute Gasteiger partial charge is 0.240 e. The van der Waals surface area contributed by atoms with E-state index >= 15 is 0 Å². The topological polar surface area (TPSA) is 66.5 Å². The summed E-state index contributed by atoms with van der Waals surface area (Å²) in [4.78, 5) is 36.9. The van der Waals surface area contributed by atoms with E-state index in [-0.39, 0.29) is 29.9 Å². The standard InChI is InChI=1S/C14H22N2O3S/c1-5-6-15-11(18)8-16-12(19)9-20-13(16)7-10(17)14(2,3)4/h7H,5-6,8-9H2,1-4H3,(H,15,18)/b13-7-. The fourth-order valence-corrected chi connectivity index (χ4v) is 2.43. The Morgan fingerprint density at radius 2 is 2.05 bits per heavy atom. The molecule has 0 bridgehead atoms. The van der Waals surface area contributed by atoms with Crippen molar-refractivity contribution in [1.82, 2.24) is 10.2 Å². The van der Waals surface area contributed by atoms with Crippen molar-refractivity contribution in [3.05, 3.63) is 11.1 Å². The maximum absolute atomic E-state index is 12.0. The van der Waals surface area contributed by atoms with Gasteiger partial charge in [0.1, 0.15) is 6.54 Å². The Morgan fingerprint density at radius 3 is 2.60 bits per heavy atom. The highest BCUT2D eigenvalue weighted by Crippen LogP contribution is 2.30. The molecule has 1 aliphatic heterocycles. The number of hydrogen-bond donors (Lipinski definition) is 1. The van der Waals surface area contributed by atoms with Crippen molar-refractivity contribution in [3.8, 4) is 0 Å². The maximum atomic E-state index is 12.0. The lowest BCUT2D eigenvalue weighted by Crippen LogP contribution is -2.38. The average Bonchev–Trinajstić information content (AvgIpc) is 2.68. The minimum Gasteiger partial charge on any atom is -0.355 e. The molecule has 0 aliphatic carbocycles. The number of ketones is 1. The molecule has 1 heterocycles. The summed E-state index contributed by atoms with van der Waals surface area (Å²) in [7, 11) is 0. The third kappa shape index (κ3) is 4.67. The Kier molecular flexibility index (Phi) is 5.80. The number of amides is 2. The summed E-state index contributed by atoms with van der Waals surface area (Å²) in [5.41, 5.74) is -0.491. The van der Waals surface area contributed by atoms with Crippen LogP contribution in [0.1, 0.15) is 34.1 Å². The first-order valence-electron chi connectivity index (χ1n) is 6.71. The van der Waals surface area contributed by atoms with E-state index in [1.807, 2.05) is 27.7 Å². The molecule has 0 spiro atoms. The zero-order chi connectivity index (χ0) is 15.3. The third-order valence-corrected chi connectivity index (χ3v) is 3.80. The lowest BCUT2D eigenvalue weighted by Gasteiger charge is -2.18. The summed E-state index contributed by atoms with van der Waals surface area (Å²) < 4.78 is 0. The molecule has 0 aromatic heterocycles. The number of carbonyl (C=O) groups is 3. The summed E-state index contributed by atoms with van der Waals surface area (Å²) in [6, 6.07) is 0. The molecular formula is C14H22N2O3S. The van der Waals surface area contributed by atoms with Crippen LogP contribution in [0.2, 0.25) is 0 Å². The molecule has 0 saturated carbocycles. The van der Waals surface area contributed by atoms with Crippen LogP contribution in [-0.4, -0.2) is 41.3 Å². The Morgan fingerprint density at radius 1 is 1.40 bits per heavy atom. The van der Waals surface area contributed by atoms with Crippen LogP contribution in [0.5, 0.6) is 0 Å². The van der Waals surface area contributed by atoms with E-state index in [1.54, 1.807) is 0 Å². The average molecular weight is 298 g/mol. The fourth-order valence-electron chi connectivity index (χ4n) is 1.49. The van der Waals surface area contributed by atoms with Crippen LogP contribution >= 0.6 is 11.8 Å². The molecule has 6 heteroatoms. The second kappa shape index (κ2) is 6.92. The molecule has 112 valence electrons. The van der Waals surface area contributed by atoms with Crippen molar-refractivity contribution in [3.63, 3.8) is 0 Å². The van der Waals surface area contributed by atoms with Gasteiger partial charge in [0.05, 0.1) is 10.8 Å². The van der Waals surface area contributed by atoms with Gasteiger partial charge in [0.25, 0.3) is 0 Å². The van der Waals surface area contributed by atoms with Crippen LogP contribution in [0, 0.1) is 5.41 Å². The van der Waals surface area contributed by atoms with E-state index in [2.05, 4.69) is 5.32 Å². The van der Waals surface area contributed by atoms with Gasteiger partial charge >= 0.3 is 0 Å². The van der Waals surface area contributed by atoms with Crippen LogP contribution in [0.25, 0.3) is 0 Å². The van der Waals surface area contributed by atoms with Gasteiger partial charge in [-0.2, -0.15) is 0 Å². The van der Waals surface area contributed by atoms with E-state index in [0.29, 0.717) is 11.6 Å². The van der Waals surface area contributed by atoms with Gasteiger partial charge < -0.3 is 5.32 Å². The number of allylic oxidation sites excluding steroid dienone is 1. The predicted molar refractivity (Wildman–Crippen MR) is 80.0 cm³/mol. The van der Waals surface area contributed by atoms with Crippen molar-refractivity contribution in [2.45, 2.75) is 34.1 Å². The Bertz CT molecular complexity index is 438. The van der Waals surface area contributed by atoms with Gasteiger partial charge in [-0.1, -0.05) is 39.5 Å². The first-order valence-corrected chi connectivity index (χ1v) is 7.70. The number of nitrogens with zero attached hydrogens (tertiary/aromatic N) is 1. The van der Waals surface area contributed by atoms with E-state index in [9.17, 15) is 14.4 Å². The molecule has 0 aromatic rings. The fraction of sp³-hybridized carbons (Fsp3) is 0.643. The van der Waals surface area contributed by atoms with Gasteiger partial charge in [-0.15, -0.1) is 0 Å². The lowest BCUT2D eigenvalue weighted by molar-refractivity contribution is -0.131. The Hall–Kier alpha value is -1.30. The number of carbonyl (C=O) groups excluding carboxylic acids is 3. The molecule has 1 N–H and O–H groups in total. The SMILES string of the molecule is CCCNC(=O)CN1C(=O)CS/C1=C\C(=O)C(C)(C)C.